The van der Waals surface area contributed by atoms with Crippen LogP contribution in [0.4, 0.5) is 11.4 Å². The van der Waals surface area contributed by atoms with Crippen LogP contribution in [0.15, 0.2) is 84.9 Å². The highest BCUT2D eigenvalue weighted by molar-refractivity contribution is 6.10. The van der Waals surface area contributed by atoms with E-state index in [1.165, 1.54) is 55.6 Å². The van der Waals surface area contributed by atoms with E-state index in [1.807, 2.05) is 0 Å². The van der Waals surface area contributed by atoms with Gasteiger partial charge in [0.1, 0.15) is 0 Å². The zero-order valence-electron chi connectivity index (χ0n) is 18.0. The minimum absolute atomic E-state index is 1.19. The van der Waals surface area contributed by atoms with Crippen molar-refractivity contribution >= 4 is 33.2 Å². The van der Waals surface area contributed by atoms with Crippen molar-refractivity contribution in [1.29, 1.82) is 0 Å². The zero-order valence-corrected chi connectivity index (χ0v) is 18.0. The van der Waals surface area contributed by atoms with Gasteiger partial charge >= 0.3 is 0 Å². The van der Waals surface area contributed by atoms with Gasteiger partial charge in [-0.3, -0.25) is 0 Å². The van der Waals surface area contributed by atoms with Gasteiger partial charge < -0.3 is 9.47 Å². The van der Waals surface area contributed by atoms with Crippen molar-refractivity contribution in [3.05, 3.63) is 102 Å². The Kier molecular flexibility index (Phi) is 4.36. The van der Waals surface area contributed by atoms with Crippen molar-refractivity contribution in [3.8, 4) is 5.69 Å². The molecule has 5 aromatic rings. The molecular weight excluding hydrogens is 364 g/mol. The Balaban J connectivity index is 1.75. The molecule has 0 spiro atoms. The lowest BCUT2D eigenvalue weighted by Gasteiger charge is -2.20. The highest BCUT2D eigenvalue weighted by atomic mass is 15.1. The molecule has 5 rings (SSSR count). The summed E-state index contributed by atoms with van der Waals surface area (Å²) >= 11 is 0. The molecular formula is C28H26N2. The number of hydrogen-bond donors (Lipinski definition) is 0. The first kappa shape index (κ1) is 18.5. The number of aromatic nitrogens is 1. The van der Waals surface area contributed by atoms with Crippen LogP contribution < -0.4 is 4.90 Å². The number of anilines is 2. The summed E-state index contributed by atoms with van der Waals surface area (Å²) in [5.41, 5.74) is 9.90. The van der Waals surface area contributed by atoms with Crippen LogP contribution in [0.3, 0.4) is 0 Å². The van der Waals surface area contributed by atoms with Gasteiger partial charge in [0.15, 0.2) is 0 Å². The summed E-state index contributed by atoms with van der Waals surface area (Å²) < 4.78 is 2.37. The average Bonchev–Trinajstić information content (AvgIpc) is 3.07. The molecule has 148 valence electrons. The summed E-state index contributed by atoms with van der Waals surface area (Å²) in [6, 6.07) is 31.0. The molecule has 0 saturated heterocycles. The van der Waals surface area contributed by atoms with Crippen molar-refractivity contribution in [2.24, 2.45) is 0 Å². The number of benzene rings is 4. The molecule has 0 bridgehead atoms. The van der Waals surface area contributed by atoms with Gasteiger partial charge in [-0.05, 0) is 80.9 Å². The Morgan fingerprint density at radius 3 is 1.90 bits per heavy atom. The second-order valence-electron chi connectivity index (χ2n) is 8.29. The lowest BCUT2D eigenvalue weighted by molar-refractivity contribution is 1.17. The third kappa shape index (κ3) is 3.05. The summed E-state index contributed by atoms with van der Waals surface area (Å²) in [5, 5.41) is 2.58. The quantitative estimate of drug-likeness (QED) is 0.310. The highest BCUT2D eigenvalue weighted by Crippen LogP contribution is 2.36. The lowest BCUT2D eigenvalue weighted by Crippen LogP contribution is -2.09. The van der Waals surface area contributed by atoms with E-state index in [4.69, 9.17) is 0 Å². The van der Waals surface area contributed by atoms with Crippen LogP contribution in [-0.4, -0.2) is 11.6 Å². The van der Waals surface area contributed by atoms with Crippen LogP contribution in [0.25, 0.3) is 27.5 Å². The topological polar surface area (TPSA) is 8.17 Å². The molecule has 0 atom stereocenters. The molecule has 1 aromatic heterocycles. The Labute approximate surface area is 178 Å². The zero-order chi connectivity index (χ0) is 20.8. The molecule has 0 unspecified atom stereocenters. The fourth-order valence-electron chi connectivity index (χ4n) is 4.29. The van der Waals surface area contributed by atoms with E-state index in [1.54, 1.807) is 0 Å². The van der Waals surface area contributed by atoms with Gasteiger partial charge in [-0.25, -0.2) is 0 Å². The van der Waals surface area contributed by atoms with Gasteiger partial charge in [0.25, 0.3) is 0 Å². The molecule has 2 heteroatoms. The van der Waals surface area contributed by atoms with Crippen LogP contribution in [0, 0.1) is 20.8 Å². The lowest BCUT2D eigenvalue weighted by atomic mass is 10.1. The van der Waals surface area contributed by atoms with E-state index in [9.17, 15) is 0 Å². The molecule has 0 radical (unpaired) electrons. The summed E-state index contributed by atoms with van der Waals surface area (Å²) in [7, 11) is 2.14. The third-order valence-corrected chi connectivity index (χ3v) is 5.97. The monoisotopic (exact) mass is 390 g/mol. The molecule has 4 aromatic carbocycles. The van der Waals surface area contributed by atoms with Crippen molar-refractivity contribution < 1.29 is 0 Å². The Morgan fingerprint density at radius 2 is 1.17 bits per heavy atom. The van der Waals surface area contributed by atoms with Gasteiger partial charge in [0.2, 0.25) is 0 Å². The van der Waals surface area contributed by atoms with Gasteiger partial charge in [-0.1, -0.05) is 41.5 Å². The van der Waals surface area contributed by atoms with Crippen molar-refractivity contribution in [2.45, 2.75) is 20.8 Å². The molecule has 0 aliphatic rings. The SMILES string of the molecule is Cc1ccc(-n2c3ccc(C)cc3c3cc(N(C)c4cccc(C)c4)ccc32)cc1. The van der Waals surface area contributed by atoms with E-state index in [2.05, 4.69) is 122 Å². The van der Waals surface area contributed by atoms with Crippen LogP contribution in [0.5, 0.6) is 0 Å². The smallest absolute Gasteiger partial charge is 0.0542 e. The number of aryl methyl sites for hydroxylation is 3. The predicted octanol–water partition coefficient (Wildman–Crippen LogP) is 7.48. The van der Waals surface area contributed by atoms with Crippen molar-refractivity contribution in [2.75, 3.05) is 11.9 Å². The molecule has 1 heterocycles. The first-order valence-electron chi connectivity index (χ1n) is 10.4. The second kappa shape index (κ2) is 7.07. The highest BCUT2D eigenvalue weighted by Gasteiger charge is 2.14. The first-order chi connectivity index (χ1) is 14.5. The summed E-state index contributed by atoms with van der Waals surface area (Å²) in [5.74, 6) is 0. The molecule has 0 amide bonds. The normalized spacial score (nSPS) is 11.3. The maximum absolute atomic E-state index is 2.37. The van der Waals surface area contributed by atoms with Crippen LogP contribution in [-0.2, 0) is 0 Å². The number of hydrogen-bond acceptors (Lipinski definition) is 1. The first-order valence-corrected chi connectivity index (χ1v) is 10.4. The standard InChI is InChI=1S/C28H26N2/c1-19-8-11-22(12-9-19)30-27-14-10-21(3)17-25(27)26-18-24(13-15-28(26)30)29(4)23-7-5-6-20(2)16-23/h5-18H,1-4H3. The maximum atomic E-state index is 2.37. The van der Waals surface area contributed by atoms with Gasteiger partial charge in [0.05, 0.1) is 11.0 Å². The van der Waals surface area contributed by atoms with Crippen LogP contribution in [0.1, 0.15) is 16.7 Å². The van der Waals surface area contributed by atoms with E-state index in [-0.39, 0.29) is 0 Å². The molecule has 30 heavy (non-hydrogen) atoms. The molecule has 0 saturated carbocycles. The molecule has 0 N–H and O–H groups in total. The summed E-state index contributed by atoms with van der Waals surface area (Å²) in [6.45, 7) is 6.43. The molecule has 0 fully saturated rings. The third-order valence-electron chi connectivity index (χ3n) is 5.97. The number of nitrogens with zero attached hydrogens (tertiary/aromatic N) is 2. The van der Waals surface area contributed by atoms with Crippen molar-refractivity contribution in [3.63, 3.8) is 0 Å². The second-order valence-corrected chi connectivity index (χ2v) is 8.29. The summed E-state index contributed by atoms with van der Waals surface area (Å²) in [4.78, 5) is 2.26. The van der Waals surface area contributed by atoms with Gasteiger partial charge in [-0.15, -0.1) is 0 Å². The number of fused-ring (bicyclic) bond motifs is 3. The predicted molar refractivity (Wildman–Crippen MR) is 129 cm³/mol. The molecule has 2 nitrogen and oxygen atoms in total. The minimum Gasteiger partial charge on any atom is -0.345 e. The average molecular weight is 391 g/mol. The Bertz CT molecular complexity index is 1370. The minimum atomic E-state index is 1.19. The van der Waals surface area contributed by atoms with E-state index in [0.717, 1.165) is 0 Å². The van der Waals surface area contributed by atoms with Gasteiger partial charge in [-0.2, -0.15) is 0 Å². The number of rotatable bonds is 3. The van der Waals surface area contributed by atoms with E-state index < -0.39 is 0 Å². The van der Waals surface area contributed by atoms with Crippen molar-refractivity contribution in [1.82, 2.24) is 4.57 Å². The maximum Gasteiger partial charge on any atom is 0.0542 e. The largest absolute Gasteiger partial charge is 0.345 e. The fraction of sp³-hybridized carbons (Fsp3) is 0.143. The van der Waals surface area contributed by atoms with Crippen LogP contribution >= 0.6 is 0 Å². The van der Waals surface area contributed by atoms with Gasteiger partial charge in [0, 0.05) is 34.9 Å². The molecule has 0 aliphatic heterocycles. The van der Waals surface area contributed by atoms with Crippen LogP contribution in [0.2, 0.25) is 0 Å². The molecule has 0 aliphatic carbocycles. The summed E-state index contributed by atoms with van der Waals surface area (Å²) in [6.07, 6.45) is 0. The Hall–Kier alpha value is -3.52. The van der Waals surface area contributed by atoms with E-state index >= 15 is 0 Å². The fourth-order valence-corrected chi connectivity index (χ4v) is 4.29. The van der Waals surface area contributed by atoms with E-state index in [0.29, 0.717) is 0 Å². The Morgan fingerprint density at radius 1 is 0.567 bits per heavy atom.